The van der Waals surface area contributed by atoms with E-state index in [1.54, 1.807) is 16.8 Å². The molecule has 1 aromatic carbocycles. The summed E-state index contributed by atoms with van der Waals surface area (Å²) in [5.74, 6) is 0.00313. The van der Waals surface area contributed by atoms with Crippen LogP contribution in [0.25, 0.3) is 0 Å². The van der Waals surface area contributed by atoms with E-state index in [-0.39, 0.29) is 12.0 Å². The number of hydrogen-bond acceptors (Lipinski definition) is 5. The number of rotatable bonds is 1. The van der Waals surface area contributed by atoms with Gasteiger partial charge in [0.1, 0.15) is 11.0 Å². The van der Waals surface area contributed by atoms with Crippen LogP contribution in [-0.4, -0.2) is 61.0 Å². The predicted molar refractivity (Wildman–Crippen MR) is 115 cm³/mol. The summed E-state index contributed by atoms with van der Waals surface area (Å²) in [5, 5.41) is 0. The first kappa shape index (κ1) is 21.2. The Labute approximate surface area is 178 Å². The van der Waals surface area contributed by atoms with Crippen molar-refractivity contribution in [2.75, 3.05) is 25.0 Å². The summed E-state index contributed by atoms with van der Waals surface area (Å²) in [6.45, 7) is 14.2. The summed E-state index contributed by atoms with van der Waals surface area (Å²) < 4.78 is 17.9. The summed E-state index contributed by atoms with van der Waals surface area (Å²) in [5.41, 5.74) is 0.478. The number of fused-ring (bicyclic) bond motifs is 2. The largest absolute Gasteiger partial charge is 0.494 e. The van der Waals surface area contributed by atoms with Crippen LogP contribution in [0.3, 0.4) is 0 Å². The number of benzene rings is 1. The zero-order chi connectivity index (χ0) is 22.3. The number of likely N-dealkylation sites (N-methyl/N-ethyl adjacent to an activating group) is 1. The molecule has 8 heteroatoms. The Balaban J connectivity index is 1.62. The highest BCUT2D eigenvalue weighted by Crippen LogP contribution is 2.47. The number of anilines is 1. The molecule has 0 aliphatic carbocycles. The fourth-order valence-corrected chi connectivity index (χ4v) is 4.27. The third kappa shape index (κ3) is 3.03. The van der Waals surface area contributed by atoms with E-state index < -0.39 is 29.3 Å². The Hall–Kier alpha value is -2.06. The number of likely N-dealkylation sites (tertiary alicyclic amines) is 1. The molecule has 1 spiro atoms. The van der Waals surface area contributed by atoms with Crippen molar-refractivity contribution in [1.29, 1.82) is 0 Å². The van der Waals surface area contributed by atoms with Gasteiger partial charge in [-0.25, -0.2) is 4.79 Å². The van der Waals surface area contributed by atoms with Crippen LogP contribution in [0.5, 0.6) is 0 Å². The smallest absolute Gasteiger partial charge is 0.444 e. The van der Waals surface area contributed by atoms with Gasteiger partial charge in [0, 0.05) is 25.8 Å². The zero-order valence-corrected chi connectivity index (χ0v) is 19.2. The molecule has 0 saturated carbocycles. The van der Waals surface area contributed by atoms with Crippen LogP contribution in [0.2, 0.25) is 0 Å². The number of carbonyl (C=O) groups is 2. The second-order valence-electron chi connectivity index (χ2n) is 10.6. The highest BCUT2D eigenvalue weighted by molar-refractivity contribution is 6.62. The summed E-state index contributed by atoms with van der Waals surface area (Å²) in [7, 11) is 1.28. The van der Waals surface area contributed by atoms with Gasteiger partial charge in [0.05, 0.1) is 11.2 Å². The molecule has 4 rings (SSSR count). The molecule has 30 heavy (non-hydrogen) atoms. The van der Waals surface area contributed by atoms with E-state index in [9.17, 15) is 9.59 Å². The monoisotopic (exact) mass is 414 g/mol. The molecule has 0 bridgehead atoms. The summed E-state index contributed by atoms with van der Waals surface area (Å²) in [6, 6.07) is 5.90. The maximum Gasteiger partial charge on any atom is 0.494 e. The SMILES string of the molecule is CN1C(=O)C2(CN(C(=O)OC(C)(C)C)C2)c2cc(B3OC(C)(C)C(C)(C)O3)ccc21. The molecule has 162 valence electrons. The fraction of sp³-hybridized carbons (Fsp3) is 0.636. The molecule has 2 amide bonds. The lowest BCUT2D eigenvalue weighted by Gasteiger charge is -2.46. The van der Waals surface area contributed by atoms with E-state index in [0.717, 1.165) is 16.7 Å². The first-order chi connectivity index (χ1) is 13.7. The summed E-state index contributed by atoms with van der Waals surface area (Å²) in [6.07, 6.45) is -0.390. The lowest BCUT2D eigenvalue weighted by atomic mass is 9.71. The first-order valence-electron chi connectivity index (χ1n) is 10.4. The Morgan fingerprint density at radius 3 is 2.20 bits per heavy atom. The van der Waals surface area contributed by atoms with Gasteiger partial charge in [-0.05, 0) is 65.6 Å². The minimum atomic E-state index is -0.735. The molecule has 2 fully saturated rings. The molecule has 1 aromatic rings. The molecule has 7 nitrogen and oxygen atoms in total. The van der Waals surface area contributed by atoms with Crippen molar-refractivity contribution in [2.24, 2.45) is 0 Å². The van der Waals surface area contributed by atoms with Crippen LogP contribution in [0.15, 0.2) is 18.2 Å². The molecule has 3 aliphatic heterocycles. The molecule has 0 unspecified atom stereocenters. The number of amides is 2. The van der Waals surface area contributed by atoms with Crippen LogP contribution >= 0.6 is 0 Å². The lowest BCUT2D eigenvalue weighted by Crippen LogP contribution is -2.65. The Morgan fingerprint density at radius 2 is 1.67 bits per heavy atom. The molecule has 0 atom stereocenters. The van der Waals surface area contributed by atoms with Crippen LogP contribution in [0.1, 0.15) is 54.0 Å². The summed E-state index contributed by atoms with van der Waals surface area (Å²) >= 11 is 0. The number of ether oxygens (including phenoxy) is 1. The molecule has 0 N–H and O–H groups in total. The topological polar surface area (TPSA) is 68.3 Å². The fourth-order valence-electron chi connectivity index (χ4n) is 4.27. The van der Waals surface area contributed by atoms with Crippen LogP contribution in [0, 0.1) is 0 Å². The normalized spacial score (nSPS) is 23.6. The number of carbonyl (C=O) groups excluding carboxylic acids is 2. The Kier molecular flexibility index (Phi) is 4.40. The third-order valence-electron chi connectivity index (χ3n) is 6.71. The molecular weight excluding hydrogens is 383 g/mol. The van der Waals surface area contributed by atoms with Gasteiger partial charge in [0.15, 0.2) is 0 Å². The quantitative estimate of drug-likeness (QED) is 0.661. The minimum Gasteiger partial charge on any atom is -0.444 e. The average molecular weight is 414 g/mol. The lowest BCUT2D eigenvalue weighted by molar-refractivity contribution is -0.128. The van der Waals surface area contributed by atoms with Gasteiger partial charge in [0.2, 0.25) is 5.91 Å². The number of nitrogens with zero attached hydrogens (tertiary/aromatic N) is 2. The van der Waals surface area contributed by atoms with E-state index in [1.165, 1.54) is 0 Å². The van der Waals surface area contributed by atoms with Crippen molar-refractivity contribution in [3.8, 4) is 0 Å². The maximum absolute atomic E-state index is 13.1. The van der Waals surface area contributed by atoms with Crippen molar-refractivity contribution in [2.45, 2.75) is 70.7 Å². The van der Waals surface area contributed by atoms with Gasteiger partial charge in [-0.1, -0.05) is 12.1 Å². The second-order valence-corrected chi connectivity index (χ2v) is 10.6. The molecule has 2 saturated heterocycles. The van der Waals surface area contributed by atoms with Gasteiger partial charge >= 0.3 is 13.2 Å². The molecule has 0 radical (unpaired) electrons. The molecule has 0 aromatic heterocycles. The molecular formula is C22H31BN2O5. The van der Waals surface area contributed by atoms with Crippen molar-refractivity contribution in [1.82, 2.24) is 4.90 Å². The van der Waals surface area contributed by atoms with E-state index in [4.69, 9.17) is 14.0 Å². The predicted octanol–water partition coefficient (Wildman–Crippen LogP) is 2.45. The van der Waals surface area contributed by atoms with E-state index in [0.29, 0.717) is 13.1 Å². The number of hydrogen-bond donors (Lipinski definition) is 0. The van der Waals surface area contributed by atoms with E-state index in [2.05, 4.69) is 0 Å². The van der Waals surface area contributed by atoms with Crippen molar-refractivity contribution >= 4 is 30.3 Å². The van der Waals surface area contributed by atoms with Gasteiger partial charge < -0.3 is 23.8 Å². The average Bonchev–Trinajstić information content (AvgIpc) is 2.92. The van der Waals surface area contributed by atoms with Crippen LogP contribution in [0.4, 0.5) is 10.5 Å². The third-order valence-corrected chi connectivity index (χ3v) is 6.71. The second kappa shape index (κ2) is 6.23. The van der Waals surface area contributed by atoms with Crippen LogP contribution < -0.4 is 10.4 Å². The zero-order valence-electron chi connectivity index (χ0n) is 19.2. The van der Waals surface area contributed by atoms with Gasteiger partial charge in [-0.2, -0.15) is 0 Å². The molecule has 3 aliphatic rings. The molecule has 3 heterocycles. The van der Waals surface area contributed by atoms with Crippen molar-refractivity contribution < 1.29 is 23.6 Å². The van der Waals surface area contributed by atoms with Crippen LogP contribution in [-0.2, 0) is 24.3 Å². The minimum absolute atomic E-state index is 0.00313. The standard InChI is InChI=1S/C22H31BN2O5/c1-19(2,3)28-18(27)25-12-22(13-25)15-11-14(9-10-16(15)24(8)17(22)26)23-29-20(4,5)21(6,7)30-23/h9-11H,12-13H2,1-8H3. The maximum atomic E-state index is 13.1. The van der Waals surface area contributed by atoms with Gasteiger partial charge in [-0.3, -0.25) is 4.79 Å². The van der Waals surface area contributed by atoms with Gasteiger partial charge in [-0.15, -0.1) is 0 Å². The van der Waals surface area contributed by atoms with Crippen molar-refractivity contribution in [3.05, 3.63) is 23.8 Å². The van der Waals surface area contributed by atoms with E-state index >= 15 is 0 Å². The Morgan fingerprint density at radius 1 is 1.10 bits per heavy atom. The first-order valence-corrected chi connectivity index (χ1v) is 10.4. The summed E-state index contributed by atoms with van der Waals surface area (Å²) in [4.78, 5) is 28.8. The van der Waals surface area contributed by atoms with Gasteiger partial charge in [0.25, 0.3) is 0 Å². The van der Waals surface area contributed by atoms with E-state index in [1.807, 2.05) is 66.7 Å². The highest BCUT2D eigenvalue weighted by atomic mass is 16.7. The van der Waals surface area contributed by atoms with Crippen molar-refractivity contribution in [3.63, 3.8) is 0 Å². The Bertz CT molecular complexity index is 899. The highest BCUT2D eigenvalue weighted by Gasteiger charge is 2.60.